The molecule has 152 valence electrons. The van der Waals surface area contributed by atoms with Gasteiger partial charge in [0.2, 0.25) is 0 Å². The van der Waals surface area contributed by atoms with E-state index in [2.05, 4.69) is 11.2 Å². The van der Waals surface area contributed by atoms with Gasteiger partial charge in [-0.3, -0.25) is 14.2 Å². The van der Waals surface area contributed by atoms with Gasteiger partial charge in [0.1, 0.15) is 11.6 Å². The summed E-state index contributed by atoms with van der Waals surface area (Å²) in [6.45, 7) is 4.49. The topological polar surface area (TPSA) is 85.1 Å². The van der Waals surface area contributed by atoms with Gasteiger partial charge in [-0.2, -0.15) is 9.78 Å². The molecule has 0 unspecified atom stereocenters. The molecule has 0 aliphatic rings. The molecule has 0 amide bonds. The lowest BCUT2D eigenvalue weighted by atomic mass is 10.1. The van der Waals surface area contributed by atoms with Crippen molar-refractivity contribution in [3.8, 4) is 11.8 Å². The third-order valence-electron chi connectivity index (χ3n) is 4.99. The Labute approximate surface area is 177 Å². The smallest absolute Gasteiger partial charge is 0.282 e. The zero-order valence-electron chi connectivity index (χ0n) is 16.8. The number of nitriles is 1. The lowest BCUT2D eigenvalue weighted by molar-refractivity contribution is 0.631. The fourth-order valence-electron chi connectivity index (χ4n) is 3.64. The van der Waals surface area contributed by atoms with Crippen LogP contribution in [0.3, 0.4) is 0 Å². The number of fused-ring (bicyclic) bond motifs is 2. The molecule has 0 saturated heterocycles. The van der Waals surface area contributed by atoms with Crippen LogP contribution in [0.15, 0.2) is 57.2 Å². The Kier molecular flexibility index (Phi) is 5.46. The molecule has 3 aromatic heterocycles. The molecule has 4 rings (SSSR count). The van der Waals surface area contributed by atoms with Gasteiger partial charge in [-0.15, -0.1) is 5.10 Å². The van der Waals surface area contributed by atoms with Crippen LogP contribution >= 0.6 is 11.8 Å². The largest absolute Gasteiger partial charge is 0.307 e. The van der Waals surface area contributed by atoms with Crippen LogP contribution in [0.25, 0.3) is 22.2 Å². The van der Waals surface area contributed by atoms with Crippen molar-refractivity contribution < 1.29 is 0 Å². The predicted molar refractivity (Wildman–Crippen MR) is 119 cm³/mol. The fraction of sp³-hybridized carbons (Fsp3) is 0.273. The first-order valence-corrected chi connectivity index (χ1v) is 10.9. The van der Waals surface area contributed by atoms with Crippen molar-refractivity contribution in [3.63, 3.8) is 0 Å². The van der Waals surface area contributed by atoms with E-state index in [4.69, 9.17) is 0 Å². The SMILES string of the molecule is CCCCn1c(=O)ccc2c(=O)n3nc(SCC)n(-c4ccccc4)c3c(C#N)c21. The number of aromatic nitrogens is 4. The molecule has 0 radical (unpaired) electrons. The van der Waals surface area contributed by atoms with E-state index < -0.39 is 0 Å². The summed E-state index contributed by atoms with van der Waals surface area (Å²) < 4.78 is 4.67. The molecule has 0 fully saturated rings. The van der Waals surface area contributed by atoms with Gasteiger partial charge in [0.05, 0.1) is 10.9 Å². The van der Waals surface area contributed by atoms with E-state index in [1.807, 2.05) is 48.7 Å². The van der Waals surface area contributed by atoms with Crippen molar-refractivity contribution in [1.82, 2.24) is 18.7 Å². The minimum Gasteiger partial charge on any atom is -0.307 e. The quantitative estimate of drug-likeness (QED) is 0.446. The molecular formula is C22H21N5O2S. The van der Waals surface area contributed by atoms with Gasteiger partial charge < -0.3 is 4.57 Å². The third-order valence-corrected chi connectivity index (χ3v) is 5.80. The first-order valence-electron chi connectivity index (χ1n) is 9.92. The molecule has 0 atom stereocenters. The fourth-order valence-corrected chi connectivity index (χ4v) is 4.36. The van der Waals surface area contributed by atoms with Gasteiger partial charge in [-0.1, -0.05) is 50.2 Å². The van der Waals surface area contributed by atoms with E-state index in [1.54, 1.807) is 4.57 Å². The molecule has 0 spiro atoms. The molecule has 7 nitrogen and oxygen atoms in total. The number of pyridine rings is 2. The Morgan fingerprint density at radius 1 is 1.10 bits per heavy atom. The average molecular weight is 420 g/mol. The van der Waals surface area contributed by atoms with Crippen LogP contribution in [0.1, 0.15) is 32.3 Å². The predicted octanol–water partition coefficient (Wildman–Crippen LogP) is 3.58. The van der Waals surface area contributed by atoms with E-state index in [0.29, 0.717) is 28.3 Å². The van der Waals surface area contributed by atoms with Gasteiger partial charge in [-0.25, -0.2) is 0 Å². The highest BCUT2D eigenvalue weighted by Crippen LogP contribution is 2.28. The minimum atomic E-state index is -0.336. The number of aryl methyl sites for hydroxylation is 1. The number of para-hydroxylation sites is 1. The summed E-state index contributed by atoms with van der Waals surface area (Å²) in [4.78, 5) is 26.0. The van der Waals surface area contributed by atoms with Crippen molar-refractivity contribution in [2.24, 2.45) is 0 Å². The molecular weight excluding hydrogens is 398 g/mol. The van der Waals surface area contributed by atoms with Crippen molar-refractivity contribution in [1.29, 1.82) is 5.26 Å². The van der Waals surface area contributed by atoms with Gasteiger partial charge in [0, 0.05) is 18.3 Å². The summed E-state index contributed by atoms with van der Waals surface area (Å²) in [5, 5.41) is 15.6. The molecule has 4 aromatic rings. The van der Waals surface area contributed by atoms with E-state index in [9.17, 15) is 14.9 Å². The van der Waals surface area contributed by atoms with Gasteiger partial charge >= 0.3 is 0 Å². The number of rotatable bonds is 6. The highest BCUT2D eigenvalue weighted by atomic mass is 32.2. The second-order valence-electron chi connectivity index (χ2n) is 6.85. The molecule has 0 bridgehead atoms. The molecule has 3 heterocycles. The van der Waals surface area contributed by atoms with Gasteiger partial charge in [0.15, 0.2) is 10.8 Å². The normalized spacial score (nSPS) is 11.2. The number of benzene rings is 1. The Morgan fingerprint density at radius 2 is 1.87 bits per heavy atom. The third kappa shape index (κ3) is 3.12. The first kappa shape index (κ1) is 20.0. The van der Waals surface area contributed by atoms with Crippen LogP contribution in [0.5, 0.6) is 0 Å². The highest BCUT2D eigenvalue weighted by Gasteiger charge is 2.23. The molecule has 0 aliphatic carbocycles. The minimum absolute atomic E-state index is 0.217. The van der Waals surface area contributed by atoms with Crippen LogP contribution in [0.2, 0.25) is 0 Å². The number of nitrogens with zero attached hydrogens (tertiary/aromatic N) is 5. The summed E-state index contributed by atoms with van der Waals surface area (Å²) in [7, 11) is 0. The summed E-state index contributed by atoms with van der Waals surface area (Å²) in [5.74, 6) is 0.757. The van der Waals surface area contributed by atoms with Crippen molar-refractivity contribution in [3.05, 3.63) is 68.7 Å². The molecule has 0 N–H and O–H groups in total. The molecule has 8 heteroatoms. The number of unbranched alkanes of at least 4 members (excludes halogenated alkanes) is 1. The van der Waals surface area contributed by atoms with E-state index >= 15 is 0 Å². The van der Waals surface area contributed by atoms with Crippen molar-refractivity contribution in [2.45, 2.75) is 38.4 Å². The maximum atomic E-state index is 13.3. The van der Waals surface area contributed by atoms with Crippen LogP contribution in [0.4, 0.5) is 0 Å². The summed E-state index contributed by atoms with van der Waals surface area (Å²) >= 11 is 1.49. The monoisotopic (exact) mass is 419 g/mol. The Morgan fingerprint density at radius 3 is 2.53 bits per heavy atom. The molecule has 30 heavy (non-hydrogen) atoms. The maximum Gasteiger partial charge on any atom is 0.282 e. The second-order valence-corrected chi connectivity index (χ2v) is 8.08. The zero-order chi connectivity index (χ0) is 21.3. The highest BCUT2D eigenvalue weighted by molar-refractivity contribution is 7.99. The first-order chi connectivity index (χ1) is 14.6. The van der Waals surface area contributed by atoms with E-state index in [0.717, 1.165) is 24.3 Å². The summed E-state index contributed by atoms with van der Waals surface area (Å²) in [6.07, 6.45) is 1.67. The Balaban J connectivity index is 2.24. The molecule has 0 aliphatic heterocycles. The maximum absolute atomic E-state index is 13.3. The second kappa shape index (κ2) is 8.20. The van der Waals surface area contributed by atoms with Crippen LogP contribution in [0, 0.1) is 11.3 Å². The number of thioether (sulfide) groups is 1. The average Bonchev–Trinajstić information content (AvgIpc) is 3.14. The van der Waals surface area contributed by atoms with Crippen molar-refractivity contribution in [2.75, 3.05) is 5.75 Å². The van der Waals surface area contributed by atoms with Crippen LogP contribution < -0.4 is 11.1 Å². The van der Waals surface area contributed by atoms with Crippen molar-refractivity contribution >= 4 is 28.3 Å². The van der Waals surface area contributed by atoms with Gasteiger partial charge in [-0.05, 0) is 30.4 Å². The summed E-state index contributed by atoms with van der Waals surface area (Å²) in [5.41, 5.74) is 1.29. The Hall–Kier alpha value is -3.31. The van der Waals surface area contributed by atoms with E-state index in [1.165, 1.54) is 28.4 Å². The summed E-state index contributed by atoms with van der Waals surface area (Å²) in [6, 6.07) is 14.7. The molecule has 1 aromatic carbocycles. The lowest BCUT2D eigenvalue weighted by Crippen LogP contribution is -2.25. The van der Waals surface area contributed by atoms with E-state index in [-0.39, 0.29) is 16.7 Å². The lowest BCUT2D eigenvalue weighted by Gasteiger charge is -2.13. The Bertz CT molecular complexity index is 1390. The zero-order valence-corrected chi connectivity index (χ0v) is 17.6. The number of hydrogen-bond donors (Lipinski definition) is 0. The molecule has 0 saturated carbocycles. The van der Waals surface area contributed by atoms with Gasteiger partial charge in [0.25, 0.3) is 11.1 Å². The number of hydrogen-bond acceptors (Lipinski definition) is 5. The van der Waals surface area contributed by atoms with Crippen LogP contribution in [-0.2, 0) is 6.54 Å². The standard InChI is InChI=1S/C22H21N5O2S/c1-3-5-13-25-18(28)12-11-16-19(25)17(14-23)20-26(15-9-7-6-8-10-15)22(30-4-2)24-27(20)21(16)29/h6-12H,3-5,13H2,1-2H3. The van der Waals surface area contributed by atoms with Crippen LogP contribution in [-0.4, -0.2) is 24.5 Å².